The summed E-state index contributed by atoms with van der Waals surface area (Å²) in [5, 5.41) is 9.17. The first-order valence-corrected chi connectivity index (χ1v) is 13.8. The lowest BCUT2D eigenvalue weighted by Crippen LogP contribution is -2.55. The Balaban J connectivity index is 1.45. The van der Waals surface area contributed by atoms with Crippen LogP contribution in [0.3, 0.4) is 0 Å². The molecule has 2 aromatic carbocycles. The van der Waals surface area contributed by atoms with Crippen LogP contribution in [0.4, 0.5) is 0 Å². The van der Waals surface area contributed by atoms with Crippen molar-refractivity contribution in [3.63, 3.8) is 0 Å². The molecule has 188 valence electrons. The van der Waals surface area contributed by atoms with Gasteiger partial charge in [-0.2, -0.15) is 9.57 Å². The maximum Gasteiger partial charge on any atom is 0.211 e. The van der Waals surface area contributed by atoms with Crippen molar-refractivity contribution >= 4 is 10.0 Å². The molecule has 8 nitrogen and oxygen atoms in total. The lowest BCUT2D eigenvalue weighted by atomic mass is 10.0. The van der Waals surface area contributed by atoms with E-state index in [0.29, 0.717) is 35.9 Å². The molecule has 0 aliphatic carbocycles. The predicted molar refractivity (Wildman–Crippen MR) is 133 cm³/mol. The van der Waals surface area contributed by atoms with Gasteiger partial charge in [-0.15, -0.1) is 0 Å². The molecule has 4 rings (SSSR count). The molecule has 0 spiro atoms. The minimum absolute atomic E-state index is 0.198. The summed E-state index contributed by atoms with van der Waals surface area (Å²) in [6.07, 6.45) is 4.87. The normalized spacial score (nSPS) is 21.3. The molecule has 2 bridgehead atoms. The van der Waals surface area contributed by atoms with Crippen LogP contribution in [-0.2, 0) is 10.0 Å². The fraction of sp³-hybridized carbons (Fsp3) is 0.500. The number of benzene rings is 2. The molecule has 3 unspecified atom stereocenters. The van der Waals surface area contributed by atoms with Gasteiger partial charge in [-0.1, -0.05) is 12.1 Å². The van der Waals surface area contributed by atoms with Crippen molar-refractivity contribution in [3.8, 4) is 23.3 Å². The lowest BCUT2D eigenvalue weighted by Gasteiger charge is -2.40. The summed E-state index contributed by atoms with van der Waals surface area (Å²) in [5.74, 6) is 1.92. The third-order valence-corrected chi connectivity index (χ3v) is 8.23. The van der Waals surface area contributed by atoms with E-state index in [0.717, 1.165) is 37.8 Å². The zero-order valence-corrected chi connectivity index (χ0v) is 21.3. The topological polar surface area (TPSA) is 92.1 Å². The van der Waals surface area contributed by atoms with Gasteiger partial charge in [-0.3, -0.25) is 4.90 Å². The van der Waals surface area contributed by atoms with Gasteiger partial charge in [0.25, 0.3) is 0 Å². The minimum atomic E-state index is -3.15. The second-order valence-corrected chi connectivity index (χ2v) is 11.2. The molecular formula is C26H33N3O5S. The summed E-state index contributed by atoms with van der Waals surface area (Å²) in [7, 11) is 0.0411. The number of fused-ring (bicyclic) bond motifs is 2. The molecule has 2 aliphatic heterocycles. The van der Waals surface area contributed by atoms with Gasteiger partial charge in [0, 0.05) is 31.2 Å². The predicted octanol–water partition coefficient (Wildman–Crippen LogP) is 3.58. The molecule has 2 aliphatic rings. The van der Waals surface area contributed by atoms with Gasteiger partial charge >= 0.3 is 0 Å². The van der Waals surface area contributed by atoms with E-state index in [1.165, 1.54) is 6.26 Å². The third-order valence-electron chi connectivity index (χ3n) is 7.00. The fourth-order valence-electron chi connectivity index (χ4n) is 5.17. The summed E-state index contributed by atoms with van der Waals surface area (Å²) >= 11 is 0. The van der Waals surface area contributed by atoms with Gasteiger partial charge in [-0.05, 0) is 62.1 Å². The van der Waals surface area contributed by atoms with Gasteiger partial charge in [-0.25, -0.2) is 8.42 Å². The molecule has 0 amide bonds. The Morgan fingerprint density at radius 3 is 2.26 bits per heavy atom. The van der Waals surface area contributed by atoms with Gasteiger partial charge in [0.05, 0.1) is 32.1 Å². The number of hydrogen-bond donors (Lipinski definition) is 0. The Bertz CT molecular complexity index is 1150. The van der Waals surface area contributed by atoms with Crippen molar-refractivity contribution in [3.05, 3.63) is 53.6 Å². The monoisotopic (exact) mass is 499 g/mol. The van der Waals surface area contributed by atoms with Crippen molar-refractivity contribution in [2.24, 2.45) is 0 Å². The summed E-state index contributed by atoms with van der Waals surface area (Å²) < 4.78 is 42.9. The van der Waals surface area contributed by atoms with E-state index in [4.69, 9.17) is 19.5 Å². The molecule has 0 aromatic heterocycles. The van der Waals surface area contributed by atoms with Crippen LogP contribution in [-0.4, -0.2) is 69.8 Å². The highest BCUT2D eigenvalue weighted by atomic mass is 32.2. The maximum absolute atomic E-state index is 12.0. The zero-order chi connectivity index (χ0) is 25.0. The number of nitrogens with zero attached hydrogens (tertiary/aromatic N) is 3. The average molecular weight is 500 g/mol. The highest BCUT2D eigenvalue weighted by Crippen LogP contribution is 2.35. The Labute approximate surface area is 208 Å². The van der Waals surface area contributed by atoms with Crippen LogP contribution in [0.25, 0.3) is 0 Å². The molecule has 0 radical (unpaired) electrons. The molecule has 0 N–H and O–H groups in total. The molecule has 2 aromatic rings. The van der Waals surface area contributed by atoms with Gasteiger partial charge in [0.2, 0.25) is 10.0 Å². The summed E-state index contributed by atoms with van der Waals surface area (Å²) in [6, 6.07) is 15.7. The molecule has 2 heterocycles. The number of hydrogen-bond acceptors (Lipinski definition) is 7. The van der Waals surface area contributed by atoms with E-state index in [9.17, 15) is 8.42 Å². The number of piperazine rings is 1. The van der Waals surface area contributed by atoms with Crippen molar-refractivity contribution in [1.29, 1.82) is 5.26 Å². The van der Waals surface area contributed by atoms with Crippen LogP contribution < -0.4 is 14.2 Å². The fourth-order valence-corrected chi connectivity index (χ4v) is 6.05. The van der Waals surface area contributed by atoms with Crippen LogP contribution in [0.5, 0.6) is 17.2 Å². The Hall–Kier alpha value is -2.80. The summed E-state index contributed by atoms with van der Waals surface area (Å²) in [5.41, 5.74) is 1.61. The second kappa shape index (κ2) is 10.9. The van der Waals surface area contributed by atoms with E-state index in [1.807, 2.05) is 42.5 Å². The van der Waals surface area contributed by atoms with Crippen molar-refractivity contribution in [2.75, 3.05) is 40.1 Å². The van der Waals surface area contributed by atoms with Gasteiger partial charge in [0.15, 0.2) is 11.5 Å². The zero-order valence-electron chi connectivity index (χ0n) is 20.5. The van der Waals surface area contributed by atoms with E-state index in [2.05, 4.69) is 11.0 Å². The maximum atomic E-state index is 12.0. The summed E-state index contributed by atoms with van der Waals surface area (Å²) in [6.45, 7) is 2.06. The van der Waals surface area contributed by atoms with Crippen LogP contribution in [0.2, 0.25) is 0 Å². The first-order valence-electron chi connectivity index (χ1n) is 11.9. The first kappa shape index (κ1) is 25.3. The van der Waals surface area contributed by atoms with Crippen molar-refractivity contribution in [2.45, 2.75) is 43.9 Å². The molecule has 9 heteroatoms. The Kier molecular flexibility index (Phi) is 7.85. The smallest absolute Gasteiger partial charge is 0.211 e. The molecule has 35 heavy (non-hydrogen) atoms. The SMILES string of the molecule is COc1ccc(OC(CCCN2C3CCC2CN(S(C)(=O)=O)C3)c2ccc(C#N)cc2)cc1OC. The van der Waals surface area contributed by atoms with Crippen LogP contribution in [0.15, 0.2) is 42.5 Å². The molecule has 0 saturated carbocycles. The molecule has 3 atom stereocenters. The van der Waals surface area contributed by atoms with E-state index < -0.39 is 10.0 Å². The lowest BCUT2D eigenvalue weighted by molar-refractivity contribution is 0.101. The van der Waals surface area contributed by atoms with E-state index in [1.54, 1.807) is 18.5 Å². The number of nitriles is 1. The van der Waals surface area contributed by atoms with Crippen LogP contribution >= 0.6 is 0 Å². The summed E-state index contributed by atoms with van der Waals surface area (Å²) in [4.78, 5) is 2.48. The minimum Gasteiger partial charge on any atom is -0.493 e. The first-order chi connectivity index (χ1) is 16.8. The number of ether oxygens (including phenoxy) is 3. The highest BCUT2D eigenvalue weighted by molar-refractivity contribution is 7.88. The molecule has 2 saturated heterocycles. The highest BCUT2D eigenvalue weighted by Gasteiger charge is 2.42. The van der Waals surface area contributed by atoms with E-state index in [-0.39, 0.29) is 18.2 Å². The largest absolute Gasteiger partial charge is 0.493 e. The molecule has 2 fully saturated rings. The van der Waals surface area contributed by atoms with Crippen molar-refractivity contribution in [1.82, 2.24) is 9.21 Å². The number of rotatable bonds is 10. The number of methoxy groups -OCH3 is 2. The second-order valence-electron chi connectivity index (χ2n) is 9.20. The van der Waals surface area contributed by atoms with Crippen molar-refractivity contribution < 1.29 is 22.6 Å². The average Bonchev–Trinajstić information content (AvgIpc) is 3.08. The van der Waals surface area contributed by atoms with E-state index >= 15 is 0 Å². The molecular weight excluding hydrogens is 466 g/mol. The Morgan fingerprint density at radius 2 is 1.69 bits per heavy atom. The quantitative estimate of drug-likeness (QED) is 0.493. The number of sulfonamides is 1. The van der Waals surface area contributed by atoms with Crippen LogP contribution in [0, 0.1) is 11.3 Å². The van der Waals surface area contributed by atoms with Gasteiger partial charge in [0.1, 0.15) is 11.9 Å². The van der Waals surface area contributed by atoms with Crippen LogP contribution in [0.1, 0.15) is 42.9 Å². The Morgan fingerprint density at radius 1 is 1.03 bits per heavy atom. The standard InChI is InChI=1S/C26H33N3O5S/c1-32-25-13-12-23(15-26(25)33-2)34-24(20-8-6-19(16-27)7-9-20)5-4-14-29-21-10-11-22(29)18-28(17-21)35(3,30)31/h6-9,12-13,15,21-22,24H,4-5,10-11,14,17-18H2,1-3H3. The van der Waals surface area contributed by atoms with Gasteiger partial charge < -0.3 is 14.2 Å². The third kappa shape index (κ3) is 5.89.